The average molecular weight is 1330 g/mol. The van der Waals surface area contributed by atoms with Gasteiger partial charge in [-0.3, -0.25) is 24.0 Å². The third-order valence-electron chi connectivity index (χ3n) is 15.8. The van der Waals surface area contributed by atoms with Crippen LogP contribution in [0, 0.1) is 18.6 Å². The highest BCUT2D eigenvalue weighted by atomic mass is 32.2. The molecule has 0 radical (unpaired) electrons. The lowest BCUT2D eigenvalue weighted by Gasteiger charge is -2.32. The first-order valence-corrected chi connectivity index (χ1v) is 35.7. The van der Waals surface area contributed by atoms with Crippen LogP contribution < -0.4 is 0 Å². The maximum Gasteiger partial charge on any atom is 0.330 e. The van der Waals surface area contributed by atoms with Crippen molar-refractivity contribution in [1.29, 1.82) is 0 Å². The number of thioether (sulfide) groups is 2. The predicted molar refractivity (Wildman–Crippen MR) is 383 cm³/mol. The second-order valence-electron chi connectivity index (χ2n) is 25.4. The molecule has 91 heavy (non-hydrogen) atoms. The van der Waals surface area contributed by atoms with Crippen LogP contribution >= 0.6 is 48.0 Å². The molecule has 18 heteroatoms. The fraction of sp³-hybridized carbons (Fsp3) is 0.671. The molecule has 4 rings (SSSR count). The van der Waals surface area contributed by atoms with Gasteiger partial charge in [0.25, 0.3) is 0 Å². The van der Waals surface area contributed by atoms with Crippen LogP contribution in [0.15, 0.2) is 73.3 Å². The minimum absolute atomic E-state index is 0. The molecule has 508 valence electrons. The van der Waals surface area contributed by atoms with Gasteiger partial charge in [0.2, 0.25) is 22.9 Å². The maximum atomic E-state index is 13.7. The van der Waals surface area contributed by atoms with Gasteiger partial charge in [-0.15, -0.1) is 0 Å². The number of hydrogen-bond acceptors (Lipinski definition) is 14. The van der Waals surface area contributed by atoms with Crippen molar-refractivity contribution in [2.24, 2.45) is 5.41 Å². The number of carbonyl (C=O) groups excluding carboxylic acids is 6. The number of carbonyl (C=O) groups is 6. The van der Waals surface area contributed by atoms with Crippen LogP contribution in [0.5, 0.6) is 0 Å². The third kappa shape index (κ3) is 36.2. The normalized spacial score (nSPS) is 14.5. The summed E-state index contributed by atoms with van der Waals surface area (Å²) in [6.45, 7) is 36.9. The first-order chi connectivity index (χ1) is 43.0. The SMILES string of the molecule is C.C=CC(=O)OCCCCCCCCCCCC.[C-]#[N+]C(C)(C)CC(C)(CC(SC(=S)c1ccccc1)C(=O)OCCCCCCCCCCCC)C(=O)OCCN1CCCC1=O.[C-]#[N+]C(C)(C)CC(C)(SC(=S)c1ccccc1)C(=O)OCCN1CCCC1=O. The van der Waals surface area contributed by atoms with Crippen LogP contribution in [0.25, 0.3) is 9.69 Å². The molecule has 2 aromatic carbocycles. The number of benzene rings is 2. The highest BCUT2D eigenvalue weighted by Gasteiger charge is 2.47. The Morgan fingerprint density at radius 2 is 0.967 bits per heavy atom. The first-order valence-electron chi connectivity index (χ1n) is 33.2. The van der Waals surface area contributed by atoms with Gasteiger partial charge in [-0.05, 0) is 57.1 Å². The molecule has 0 N–H and O–H groups in total. The highest BCUT2D eigenvalue weighted by molar-refractivity contribution is 8.25. The Labute approximate surface area is 568 Å². The Kier molecular flexibility index (Phi) is 44.0. The summed E-state index contributed by atoms with van der Waals surface area (Å²) in [5.74, 6) is -1.42. The van der Waals surface area contributed by atoms with E-state index >= 15 is 0 Å². The Morgan fingerprint density at radius 1 is 0.571 bits per heavy atom. The molecule has 0 saturated carbocycles. The maximum absolute atomic E-state index is 13.7. The van der Waals surface area contributed by atoms with E-state index in [2.05, 4.69) is 30.1 Å². The molecule has 14 nitrogen and oxygen atoms in total. The Hall–Kier alpha value is -5.14. The minimum Gasteiger partial charge on any atom is -0.465 e. The molecule has 3 atom stereocenters. The van der Waals surface area contributed by atoms with Gasteiger partial charge in [-0.25, -0.2) is 17.9 Å². The summed E-state index contributed by atoms with van der Waals surface area (Å²) in [4.78, 5) is 85.5. The number of hydrogen-bond donors (Lipinski definition) is 0. The van der Waals surface area contributed by atoms with E-state index < -0.39 is 44.4 Å². The second kappa shape index (κ2) is 47.7. The molecule has 0 aromatic heterocycles. The van der Waals surface area contributed by atoms with E-state index in [9.17, 15) is 28.8 Å². The zero-order chi connectivity index (χ0) is 66.7. The van der Waals surface area contributed by atoms with Gasteiger partial charge in [-0.2, -0.15) is 0 Å². The van der Waals surface area contributed by atoms with Crippen LogP contribution in [0.2, 0.25) is 0 Å². The van der Waals surface area contributed by atoms with E-state index in [1.807, 2.05) is 60.7 Å². The van der Waals surface area contributed by atoms with E-state index in [-0.39, 0.29) is 51.3 Å². The highest BCUT2D eigenvalue weighted by Crippen LogP contribution is 2.41. The quantitative estimate of drug-likeness (QED) is 0.0155. The molecule has 3 unspecified atom stereocenters. The fourth-order valence-corrected chi connectivity index (χ4v) is 14.4. The van der Waals surface area contributed by atoms with Crippen molar-refractivity contribution in [2.75, 3.05) is 52.6 Å². The van der Waals surface area contributed by atoms with Crippen LogP contribution in [-0.4, -0.2) is 128 Å². The molecule has 2 aliphatic rings. The van der Waals surface area contributed by atoms with E-state index in [1.54, 1.807) is 51.3 Å². The first kappa shape index (κ1) is 83.9. The van der Waals surface area contributed by atoms with Crippen LogP contribution in [-0.2, 0) is 47.7 Å². The summed E-state index contributed by atoms with van der Waals surface area (Å²) in [5.41, 5.74) is -1.04. The zero-order valence-electron chi connectivity index (χ0n) is 55.9. The Bertz CT molecular complexity index is 2570. The molecule has 0 spiro atoms. The molecule has 2 saturated heterocycles. The molecule has 2 aromatic rings. The number of esters is 4. The number of nitrogens with zero attached hydrogens (tertiary/aromatic N) is 4. The van der Waals surface area contributed by atoms with E-state index in [0.29, 0.717) is 67.0 Å². The summed E-state index contributed by atoms with van der Waals surface area (Å²) in [6, 6.07) is 19.0. The number of unbranched alkanes of at least 4 members (excludes halogenated alkanes) is 18. The number of rotatable bonds is 42. The van der Waals surface area contributed by atoms with Crippen molar-refractivity contribution in [3.63, 3.8) is 0 Å². The van der Waals surface area contributed by atoms with Gasteiger partial charge in [0, 0.05) is 66.1 Å². The van der Waals surface area contributed by atoms with Crippen molar-refractivity contribution in [2.45, 2.75) is 257 Å². The largest absolute Gasteiger partial charge is 0.465 e. The average Bonchev–Trinajstić information content (AvgIpc) is 1.52. The molecule has 2 fully saturated rings. The van der Waals surface area contributed by atoms with Crippen molar-refractivity contribution in [3.8, 4) is 0 Å². The van der Waals surface area contributed by atoms with Gasteiger partial charge in [0.1, 0.15) is 23.2 Å². The second-order valence-corrected chi connectivity index (χ2v) is 29.4. The Balaban J connectivity index is 0.000000763. The summed E-state index contributed by atoms with van der Waals surface area (Å²) < 4.78 is 22.1. The summed E-state index contributed by atoms with van der Waals surface area (Å²) >= 11 is 13.8. The van der Waals surface area contributed by atoms with Crippen LogP contribution in [0.3, 0.4) is 0 Å². The van der Waals surface area contributed by atoms with E-state index in [1.165, 1.54) is 132 Å². The third-order valence-corrected chi connectivity index (χ3v) is 19.1. The van der Waals surface area contributed by atoms with Gasteiger partial charge in [-0.1, -0.05) is 252 Å². The Morgan fingerprint density at radius 3 is 1.37 bits per heavy atom. The van der Waals surface area contributed by atoms with Crippen molar-refractivity contribution in [1.82, 2.24) is 9.80 Å². The molecule has 0 aliphatic carbocycles. The lowest BCUT2D eigenvalue weighted by molar-refractivity contribution is -0.158. The molecule has 0 bridgehead atoms. The summed E-state index contributed by atoms with van der Waals surface area (Å²) in [7, 11) is 0. The minimum atomic E-state index is -1.15. The molecular formula is C73H112N4O10S4. The predicted octanol–water partition coefficient (Wildman–Crippen LogP) is 18.0. The molecule has 2 aliphatic heterocycles. The molecular weight excluding hydrogens is 1220 g/mol. The van der Waals surface area contributed by atoms with Crippen molar-refractivity contribution < 1.29 is 47.7 Å². The van der Waals surface area contributed by atoms with E-state index in [4.69, 9.17) is 56.5 Å². The smallest absolute Gasteiger partial charge is 0.330 e. The summed E-state index contributed by atoms with van der Waals surface area (Å²) in [6.07, 6.45) is 29.4. The standard InChI is InChI=1S/C36H54N2O5S2.C21H26N2O3S2.C15H28O2.CH4/c1-6-7-8-9-10-11-12-13-14-18-25-42-32(40)30(45-33(44)29-20-16-15-17-21-29)27-36(4,28-35(2,3)37-5)34(41)43-26-24-38-23-19-22-31(38)39;1-20(2,22-4)15-21(3,28-18(27)16-9-6-5-7-10-16)19(25)26-14-13-23-12-8-11-17(23)24;1-3-5-6-7-8-9-10-11-12-13-14-17-15(16)4-2;/h15-17,20-21,30H,6-14,18-19,22-28H2,1-4H3;5-7,9-10H,8,11-15H2,1-3H3;4H,2-3,5-14H2,1H3;1H4. The monoisotopic (exact) mass is 1330 g/mol. The van der Waals surface area contributed by atoms with Gasteiger partial charge >= 0.3 is 23.9 Å². The number of likely N-dealkylation sites (tertiary alicyclic amines) is 2. The van der Waals surface area contributed by atoms with Crippen LogP contribution in [0.1, 0.15) is 247 Å². The van der Waals surface area contributed by atoms with Gasteiger partial charge in [0.15, 0.2) is 0 Å². The van der Waals surface area contributed by atoms with Gasteiger partial charge < -0.3 is 38.4 Å². The topological polar surface area (TPSA) is 155 Å². The lowest BCUT2D eigenvalue weighted by Crippen LogP contribution is -2.41. The number of ether oxygens (including phenoxy) is 4. The number of thiocarbonyl (C=S) groups is 2. The molecule has 2 heterocycles. The number of amides is 2. The van der Waals surface area contributed by atoms with Crippen molar-refractivity contribution >= 4 is 92.0 Å². The lowest BCUT2D eigenvalue weighted by atomic mass is 9.75. The van der Waals surface area contributed by atoms with Crippen molar-refractivity contribution in [3.05, 3.63) is 107 Å². The summed E-state index contributed by atoms with van der Waals surface area (Å²) in [5, 5.41) is -0.750. The van der Waals surface area contributed by atoms with Crippen LogP contribution in [0.4, 0.5) is 0 Å². The van der Waals surface area contributed by atoms with Gasteiger partial charge in [0.05, 0.1) is 46.5 Å². The van der Waals surface area contributed by atoms with E-state index in [0.717, 1.165) is 49.7 Å². The fourth-order valence-electron chi connectivity index (χ4n) is 10.8. The zero-order valence-corrected chi connectivity index (χ0v) is 59.2. The molecule has 2 amide bonds.